The minimum atomic E-state index is -0.733. The van der Waals surface area contributed by atoms with Crippen molar-refractivity contribution in [3.05, 3.63) is 0 Å². The molecule has 1 aliphatic rings. The highest BCUT2D eigenvalue weighted by Gasteiger charge is 2.15. The molecule has 0 saturated carbocycles. The molecule has 1 heterocycles. The third-order valence-corrected chi connectivity index (χ3v) is 5.59. The number of hydrazine groups is 1. The van der Waals surface area contributed by atoms with Crippen molar-refractivity contribution in [1.82, 2.24) is 5.43 Å². The Morgan fingerprint density at radius 3 is 2.74 bits per heavy atom. The number of hydrogen-bond acceptors (Lipinski definition) is 7. The van der Waals surface area contributed by atoms with Crippen LogP contribution in [0.1, 0.15) is 32.1 Å². The second kappa shape index (κ2) is 10.2. The highest BCUT2D eigenvalue weighted by atomic mass is 33.1. The van der Waals surface area contributed by atoms with Crippen LogP contribution in [0.2, 0.25) is 0 Å². The van der Waals surface area contributed by atoms with Crippen molar-refractivity contribution in [3.8, 4) is 0 Å². The fraction of sp³-hybridized carbons (Fsp3) is 0.818. The number of esters is 1. The average molecular weight is 308 g/mol. The van der Waals surface area contributed by atoms with E-state index in [0.29, 0.717) is 6.42 Å². The molecule has 0 aliphatic carbocycles. The van der Waals surface area contributed by atoms with Crippen molar-refractivity contribution >= 4 is 33.7 Å². The van der Waals surface area contributed by atoms with Gasteiger partial charge in [-0.3, -0.25) is 10.2 Å². The molecule has 19 heavy (non-hydrogen) atoms. The molecule has 0 aromatic rings. The average Bonchev–Trinajstić information content (AvgIpc) is 2.92. The SMILES string of the molecule is NNC(=O)OCCOC(=O)CCCCC1CCSS1. The van der Waals surface area contributed by atoms with Crippen LogP contribution in [0.3, 0.4) is 0 Å². The summed E-state index contributed by atoms with van der Waals surface area (Å²) in [6, 6.07) is 0. The van der Waals surface area contributed by atoms with Gasteiger partial charge < -0.3 is 9.47 Å². The van der Waals surface area contributed by atoms with Gasteiger partial charge in [-0.25, -0.2) is 10.6 Å². The summed E-state index contributed by atoms with van der Waals surface area (Å²) < 4.78 is 9.49. The summed E-state index contributed by atoms with van der Waals surface area (Å²) >= 11 is 0. The third-order valence-electron chi connectivity index (χ3n) is 2.58. The number of carbonyl (C=O) groups is 2. The van der Waals surface area contributed by atoms with Crippen LogP contribution in [0, 0.1) is 0 Å². The Bertz CT molecular complexity index is 286. The van der Waals surface area contributed by atoms with Crippen LogP contribution in [0.15, 0.2) is 0 Å². The number of hydrogen-bond donors (Lipinski definition) is 2. The van der Waals surface area contributed by atoms with E-state index in [1.165, 1.54) is 18.6 Å². The van der Waals surface area contributed by atoms with Crippen molar-refractivity contribution in [3.63, 3.8) is 0 Å². The van der Waals surface area contributed by atoms with Gasteiger partial charge in [0.2, 0.25) is 0 Å². The quantitative estimate of drug-likeness (QED) is 0.176. The lowest BCUT2D eigenvalue weighted by molar-refractivity contribution is -0.144. The summed E-state index contributed by atoms with van der Waals surface area (Å²) in [7, 11) is 3.89. The van der Waals surface area contributed by atoms with Crippen LogP contribution in [0.4, 0.5) is 4.79 Å². The van der Waals surface area contributed by atoms with E-state index < -0.39 is 6.09 Å². The standard InChI is InChI=1S/C11H20N2O4S2/c12-13-11(15)17-7-6-16-10(14)4-2-1-3-9-5-8-18-19-9/h9H,1-8,12H2,(H,13,15). The Labute approximate surface area is 120 Å². The van der Waals surface area contributed by atoms with Gasteiger partial charge in [-0.15, -0.1) is 0 Å². The number of unbranched alkanes of at least 4 members (excludes halogenated alkanes) is 1. The summed E-state index contributed by atoms with van der Waals surface area (Å²) in [5, 5.41) is 0.754. The van der Waals surface area contributed by atoms with E-state index in [2.05, 4.69) is 4.74 Å². The van der Waals surface area contributed by atoms with E-state index >= 15 is 0 Å². The molecule has 0 aromatic carbocycles. The van der Waals surface area contributed by atoms with Gasteiger partial charge in [0.05, 0.1) is 0 Å². The molecule has 1 rings (SSSR count). The Hall–Kier alpha value is -0.600. The van der Waals surface area contributed by atoms with Gasteiger partial charge in [0.15, 0.2) is 0 Å². The van der Waals surface area contributed by atoms with Crippen LogP contribution in [0.5, 0.6) is 0 Å². The molecule has 1 aliphatic heterocycles. The highest BCUT2D eigenvalue weighted by Crippen LogP contribution is 2.39. The second-order valence-electron chi connectivity index (χ2n) is 4.08. The number of nitrogens with one attached hydrogen (secondary N) is 1. The molecular formula is C11H20N2O4S2. The van der Waals surface area contributed by atoms with Gasteiger partial charge in [0.1, 0.15) is 13.2 Å². The first-order valence-electron chi connectivity index (χ1n) is 6.29. The van der Waals surface area contributed by atoms with Crippen LogP contribution in [0.25, 0.3) is 0 Å². The molecule has 6 nitrogen and oxygen atoms in total. The lowest BCUT2D eigenvalue weighted by Gasteiger charge is -2.07. The fourth-order valence-electron chi connectivity index (χ4n) is 1.61. The van der Waals surface area contributed by atoms with Gasteiger partial charge in [-0.1, -0.05) is 28.0 Å². The number of nitrogens with two attached hydrogens (primary N) is 1. The zero-order chi connectivity index (χ0) is 13.9. The molecule has 1 fully saturated rings. The molecule has 0 spiro atoms. The fourth-order valence-corrected chi connectivity index (χ4v) is 4.64. The zero-order valence-electron chi connectivity index (χ0n) is 10.8. The lowest BCUT2D eigenvalue weighted by Crippen LogP contribution is -2.31. The molecule has 0 aromatic heterocycles. The van der Waals surface area contributed by atoms with E-state index in [1.54, 1.807) is 0 Å². The molecule has 1 saturated heterocycles. The molecule has 1 unspecified atom stereocenters. The zero-order valence-corrected chi connectivity index (χ0v) is 12.4. The number of carbonyl (C=O) groups excluding carboxylic acids is 2. The van der Waals surface area contributed by atoms with Crippen LogP contribution in [-0.2, 0) is 14.3 Å². The van der Waals surface area contributed by atoms with Crippen molar-refractivity contribution in [1.29, 1.82) is 0 Å². The number of rotatable bonds is 8. The summed E-state index contributed by atoms with van der Waals surface area (Å²) in [4.78, 5) is 21.9. The van der Waals surface area contributed by atoms with Crippen LogP contribution < -0.4 is 11.3 Å². The van der Waals surface area contributed by atoms with Crippen molar-refractivity contribution in [2.24, 2.45) is 5.84 Å². The van der Waals surface area contributed by atoms with E-state index in [-0.39, 0.29) is 19.2 Å². The Balaban J connectivity index is 1.88. The van der Waals surface area contributed by atoms with Crippen molar-refractivity contribution in [2.45, 2.75) is 37.4 Å². The predicted molar refractivity (Wildman–Crippen MR) is 76.6 cm³/mol. The first-order valence-corrected chi connectivity index (χ1v) is 8.68. The van der Waals surface area contributed by atoms with Gasteiger partial charge >= 0.3 is 12.1 Å². The molecule has 0 bridgehead atoms. The molecule has 110 valence electrons. The molecular weight excluding hydrogens is 288 g/mol. The summed E-state index contributed by atoms with van der Waals surface area (Å²) in [6.45, 7) is 0.0894. The second-order valence-corrected chi connectivity index (χ2v) is 6.86. The Kier molecular flexibility index (Phi) is 8.85. The van der Waals surface area contributed by atoms with Crippen molar-refractivity contribution in [2.75, 3.05) is 19.0 Å². The monoisotopic (exact) mass is 308 g/mol. The number of amides is 1. The van der Waals surface area contributed by atoms with Crippen LogP contribution >= 0.6 is 21.6 Å². The van der Waals surface area contributed by atoms with Crippen molar-refractivity contribution < 1.29 is 19.1 Å². The minimum Gasteiger partial charge on any atom is -0.462 e. The number of ether oxygens (including phenoxy) is 2. The van der Waals surface area contributed by atoms with Gasteiger partial charge in [0, 0.05) is 17.4 Å². The normalized spacial score (nSPS) is 18.1. The van der Waals surface area contributed by atoms with Gasteiger partial charge in [-0.05, 0) is 19.3 Å². The summed E-state index contributed by atoms with van der Waals surface area (Å²) in [5.41, 5.74) is 1.82. The maximum absolute atomic E-state index is 11.3. The van der Waals surface area contributed by atoms with Gasteiger partial charge in [0.25, 0.3) is 0 Å². The van der Waals surface area contributed by atoms with Gasteiger partial charge in [-0.2, -0.15) is 0 Å². The maximum Gasteiger partial charge on any atom is 0.421 e. The molecule has 1 amide bonds. The molecule has 1 atom stereocenters. The highest BCUT2D eigenvalue weighted by molar-refractivity contribution is 8.77. The largest absolute Gasteiger partial charge is 0.462 e. The van der Waals surface area contributed by atoms with E-state index in [0.717, 1.165) is 18.1 Å². The third kappa shape index (κ3) is 8.22. The predicted octanol–water partition coefficient (Wildman–Crippen LogP) is 1.84. The first kappa shape index (κ1) is 16.5. The lowest BCUT2D eigenvalue weighted by atomic mass is 10.1. The van der Waals surface area contributed by atoms with Crippen LogP contribution in [-0.4, -0.2) is 36.3 Å². The topological polar surface area (TPSA) is 90.7 Å². The summed E-state index contributed by atoms with van der Waals surface area (Å²) in [6.07, 6.45) is 4.05. The Morgan fingerprint density at radius 2 is 2.05 bits per heavy atom. The van der Waals surface area contributed by atoms with E-state index in [9.17, 15) is 9.59 Å². The molecule has 3 N–H and O–H groups in total. The molecule has 0 radical (unpaired) electrons. The molecule has 8 heteroatoms. The Morgan fingerprint density at radius 1 is 1.26 bits per heavy atom. The maximum atomic E-state index is 11.3. The smallest absolute Gasteiger partial charge is 0.421 e. The van der Waals surface area contributed by atoms with E-state index in [4.69, 9.17) is 10.6 Å². The summed E-state index contributed by atoms with van der Waals surface area (Å²) in [5.74, 6) is 5.81. The first-order chi connectivity index (χ1) is 9.22. The van der Waals surface area contributed by atoms with E-state index in [1.807, 2.05) is 27.0 Å². The minimum absolute atomic E-state index is 0.0186.